The van der Waals surface area contributed by atoms with Crippen molar-refractivity contribution in [2.75, 3.05) is 26.2 Å². The minimum atomic E-state index is 0.132. The van der Waals surface area contributed by atoms with Gasteiger partial charge in [0.1, 0.15) is 5.01 Å². The van der Waals surface area contributed by atoms with Crippen molar-refractivity contribution in [3.8, 4) is 0 Å². The van der Waals surface area contributed by atoms with Gasteiger partial charge in [0.15, 0.2) is 0 Å². The van der Waals surface area contributed by atoms with E-state index in [1.54, 1.807) is 23.5 Å². The number of para-hydroxylation sites is 1. The second kappa shape index (κ2) is 8.15. The van der Waals surface area contributed by atoms with Gasteiger partial charge in [-0.2, -0.15) is 0 Å². The predicted molar refractivity (Wildman–Crippen MR) is 112 cm³/mol. The van der Waals surface area contributed by atoms with Crippen molar-refractivity contribution >= 4 is 50.7 Å². The standard InChI is InChI=1S/C20H19Cl2N3OS/c21-15-6-5-14(11-16(15)22)12-20(26)25-9-7-24(8-10-25)13-19-23-17-3-1-2-4-18(17)27-19/h1-6,11H,7-10,12-13H2. The number of hydrogen-bond acceptors (Lipinski definition) is 4. The van der Waals surface area contributed by atoms with E-state index in [0.717, 1.165) is 48.8 Å². The highest BCUT2D eigenvalue weighted by molar-refractivity contribution is 7.18. The average Bonchev–Trinajstić information content (AvgIpc) is 3.07. The second-order valence-corrected chi connectivity index (χ2v) is 8.59. The monoisotopic (exact) mass is 419 g/mol. The van der Waals surface area contributed by atoms with Crippen LogP contribution in [0, 0.1) is 0 Å². The first kappa shape index (κ1) is 18.7. The SMILES string of the molecule is O=C(Cc1ccc(Cl)c(Cl)c1)N1CCN(Cc2nc3ccccc3s2)CC1. The van der Waals surface area contributed by atoms with Gasteiger partial charge in [-0.1, -0.05) is 41.4 Å². The molecule has 4 nitrogen and oxygen atoms in total. The van der Waals surface area contributed by atoms with Crippen molar-refractivity contribution in [2.45, 2.75) is 13.0 Å². The Hall–Kier alpha value is -1.66. The molecule has 0 saturated carbocycles. The molecule has 0 bridgehead atoms. The van der Waals surface area contributed by atoms with Crippen LogP contribution in [0.5, 0.6) is 0 Å². The Labute approximate surface area is 172 Å². The number of carbonyl (C=O) groups excluding carboxylic acids is 1. The van der Waals surface area contributed by atoms with Gasteiger partial charge in [-0.05, 0) is 29.8 Å². The van der Waals surface area contributed by atoms with Crippen LogP contribution in [0.1, 0.15) is 10.6 Å². The van der Waals surface area contributed by atoms with E-state index in [-0.39, 0.29) is 5.91 Å². The first-order valence-electron chi connectivity index (χ1n) is 8.87. The fourth-order valence-electron chi connectivity index (χ4n) is 3.27. The lowest BCUT2D eigenvalue weighted by molar-refractivity contribution is -0.132. The van der Waals surface area contributed by atoms with E-state index in [2.05, 4.69) is 17.0 Å². The van der Waals surface area contributed by atoms with Crippen LogP contribution in [0.4, 0.5) is 0 Å². The molecule has 1 aromatic heterocycles. The minimum Gasteiger partial charge on any atom is -0.340 e. The summed E-state index contributed by atoms with van der Waals surface area (Å²) in [5, 5.41) is 2.13. The average molecular weight is 420 g/mol. The van der Waals surface area contributed by atoms with E-state index in [0.29, 0.717) is 16.5 Å². The van der Waals surface area contributed by atoms with Gasteiger partial charge in [-0.3, -0.25) is 9.69 Å². The summed E-state index contributed by atoms with van der Waals surface area (Å²) in [6, 6.07) is 13.6. The molecule has 1 amide bonds. The number of rotatable bonds is 4. The Balaban J connectivity index is 1.31. The van der Waals surface area contributed by atoms with Gasteiger partial charge in [0.2, 0.25) is 5.91 Å². The zero-order valence-corrected chi connectivity index (χ0v) is 17.0. The third-order valence-electron chi connectivity index (χ3n) is 4.76. The maximum atomic E-state index is 12.6. The van der Waals surface area contributed by atoms with E-state index in [1.165, 1.54) is 4.70 Å². The predicted octanol–water partition coefficient (Wildman–Crippen LogP) is 4.49. The fraction of sp³-hybridized carbons (Fsp3) is 0.300. The summed E-state index contributed by atoms with van der Waals surface area (Å²) in [6.07, 6.45) is 0.356. The van der Waals surface area contributed by atoms with Crippen molar-refractivity contribution < 1.29 is 4.79 Å². The zero-order valence-electron chi connectivity index (χ0n) is 14.7. The van der Waals surface area contributed by atoms with Gasteiger partial charge >= 0.3 is 0 Å². The molecule has 0 radical (unpaired) electrons. The van der Waals surface area contributed by atoms with Gasteiger partial charge < -0.3 is 4.90 Å². The van der Waals surface area contributed by atoms with Crippen LogP contribution in [0.15, 0.2) is 42.5 Å². The number of hydrogen-bond donors (Lipinski definition) is 0. The molecule has 2 heterocycles. The van der Waals surface area contributed by atoms with Gasteiger partial charge in [-0.15, -0.1) is 11.3 Å². The number of carbonyl (C=O) groups is 1. The van der Waals surface area contributed by atoms with Crippen molar-refractivity contribution in [3.63, 3.8) is 0 Å². The van der Waals surface area contributed by atoms with E-state index >= 15 is 0 Å². The number of benzene rings is 2. The van der Waals surface area contributed by atoms with Crippen LogP contribution in [-0.4, -0.2) is 46.9 Å². The van der Waals surface area contributed by atoms with Crippen molar-refractivity contribution in [3.05, 3.63) is 63.1 Å². The number of halogens is 2. The summed E-state index contributed by atoms with van der Waals surface area (Å²) in [6.45, 7) is 4.05. The van der Waals surface area contributed by atoms with Crippen molar-refractivity contribution in [1.29, 1.82) is 0 Å². The topological polar surface area (TPSA) is 36.4 Å². The summed E-state index contributed by atoms with van der Waals surface area (Å²) in [4.78, 5) is 21.6. The quantitative estimate of drug-likeness (QED) is 0.624. The van der Waals surface area contributed by atoms with Crippen LogP contribution in [-0.2, 0) is 17.8 Å². The van der Waals surface area contributed by atoms with Gasteiger partial charge in [-0.25, -0.2) is 4.98 Å². The summed E-state index contributed by atoms with van der Waals surface area (Å²) in [5.74, 6) is 0.132. The molecule has 0 atom stereocenters. The lowest BCUT2D eigenvalue weighted by atomic mass is 10.1. The normalized spacial score (nSPS) is 15.4. The summed E-state index contributed by atoms with van der Waals surface area (Å²) < 4.78 is 1.22. The minimum absolute atomic E-state index is 0.132. The number of nitrogens with zero attached hydrogens (tertiary/aromatic N) is 3. The van der Waals surface area contributed by atoms with Crippen molar-refractivity contribution in [1.82, 2.24) is 14.8 Å². The molecule has 140 valence electrons. The number of fused-ring (bicyclic) bond motifs is 1. The molecule has 0 N–H and O–H groups in total. The Kier molecular flexibility index (Phi) is 5.64. The second-order valence-electron chi connectivity index (χ2n) is 6.66. The third-order valence-corrected chi connectivity index (χ3v) is 6.52. The molecule has 1 saturated heterocycles. The third kappa shape index (κ3) is 4.43. The first-order chi connectivity index (χ1) is 13.1. The molecule has 2 aromatic carbocycles. The van der Waals surface area contributed by atoms with E-state index in [4.69, 9.17) is 28.2 Å². The molecule has 1 aliphatic heterocycles. The smallest absolute Gasteiger partial charge is 0.227 e. The summed E-state index contributed by atoms with van der Waals surface area (Å²) >= 11 is 13.7. The molecule has 27 heavy (non-hydrogen) atoms. The highest BCUT2D eigenvalue weighted by Gasteiger charge is 2.22. The Morgan fingerprint density at radius 2 is 1.81 bits per heavy atom. The Morgan fingerprint density at radius 1 is 1.04 bits per heavy atom. The van der Waals surface area contributed by atoms with Crippen molar-refractivity contribution in [2.24, 2.45) is 0 Å². The molecular weight excluding hydrogens is 401 g/mol. The van der Waals surface area contributed by atoms with Crippen LogP contribution in [0.25, 0.3) is 10.2 Å². The van der Waals surface area contributed by atoms with Crippen LogP contribution >= 0.6 is 34.5 Å². The molecule has 3 aromatic rings. The molecule has 4 rings (SSSR count). The molecular formula is C20H19Cl2N3OS. The van der Waals surface area contributed by atoms with E-state index in [1.807, 2.05) is 23.1 Å². The molecule has 1 aliphatic rings. The summed E-state index contributed by atoms with van der Waals surface area (Å²) in [7, 11) is 0. The molecule has 7 heteroatoms. The molecule has 0 unspecified atom stereocenters. The van der Waals surface area contributed by atoms with Crippen LogP contribution < -0.4 is 0 Å². The Bertz CT molecular complexity index is 934. The van der Waals surface area contributed by atoms with E-state index in [9.17, 15) is 4.79 Å². The molecule has 0 aliphatic carbocycles. The maximum absolute atomic E-state index is 12.6. The number of aromatic nitrogens is 1. The Morgan fingerprint density at radius 3 is 2.56 bits per heavy atom. The molecule has 0 spiro atoms. The van der Waals surface area contributed by atoms with Crippen LogP contribution in [0.2, 0.25) is 10.0 Å². The zero-order chi connectivity index (χ0) is 18.8. The molecule has 1 fully saturated rings. The fourth-order valence-corrected chi connectivity index (χ4v) is 4.60. The number of piperazine rings is 1. The largest absolute Gasteiger partial charge is 0.340 e. The lowest BCUT2D eigenvalue weighted by Gasteiger charge is -2.34. The van der Waals surface area contributed by atoms with Gasteiger partial charge in [0.05, 0.1) is 33.2 Å². The number of thiazole rings is 1. The van der Waals surface area contributed by atoms with E-state index < -0.39 is 0 Å². The first-order valence-corrected chi connectivity index (χ1v) is 10.4. The van der Waals surface area contributed by atoms with Crippen LogP contribution in [0.3, 0.4) is 0 Å². The highest BCUT2D eigenvalue weighted by atomic mass is 35.5. The lowest BCUT2D eigenvalue weighted by Crippen LogP contribution is -2.48. The number of amides is 1. The van der Waals surface area contributed by atoms with Gasteiger partial charge in [0.25, 0.3) is 0 Å². The maximum Gasteiger partial charge on any atom is 0.227 e. The summed E-state index contributed by atoms with van der Waals surface area (Å²) in [5.41, 5.74) is 1.96. The highest BCUT2D eigenvalue weighted by Crippen LogP contribution is 2.24. The van der Waals surface area contributed by atoms with Gasteiger partial charge in [0, 0.05) is 26.2 Å².